The van der Waals surface area contributed by atoms with E-state index in [1.165, 1.54) is 0 Å². The van der Waals surface area contributed by atoms with E-state index in [1.807, 2.05) is 18.2 Å². The maximum atomic E-state index is 12.2. The number of amides is 1. The predicted molar refractivity (Wildman–Crippen MR) is 79.3 cm³/mol. The van der Waals surface area contributed by atoms with Crippen molar-refractivity contribution in [3.63, 3.8) is 0 Å². The zero-order valence-corrected chi connectivity index (χ0v) is 11.7. The van der Waals surface area contributed by atoms with Gasteiger partial charge in [0.2, 0.25) is 0 Å². The van der Waals surface area contributed by atoms with Crippen LogP contribution in [0.5, 0.6) is 5.75 Å². The highest BCUT2D eigenvalue weighted by atomic mass is 16.5. The number of hydrogen-bond acceptors (Lipinski definition) is 4. The van der Waals surface area contributed by atoms with Crippen molar-refractivity contribution in [2.24, 2.45) is 5.92 Å². The highest BCUT2D eigenvalue weighted by Gasteiger charge is 2.18. The Morgan fingerprint density at radius 1 is 1.43 bits per heavy atom. The lowest BCUT2D eigenvalue weighted by Crippen LogP contribution is -2.33. The highest BCUT2D eigenvalue weighted by Crippen LogP contribution is 2.26. The lowest BCUT2D eigenvalue weighted by atomic mass is 10.0. The molecule has 1 amide bonds. The minimum Gasteiger partial charge on any atom is -0.505 e. The molecule has 2 N–H and O–H groups in total. The number of rotatable bonds is 3. The van der Waals surface area contributed by atoms with Crippen molar-refractivity contribution in [2.45, 2.75) is 12.8 Å². The molecule has 2 heterocycles. The smallest absolute Gasteiger partial charge is 0.273 e. The molecule has 1 atom stereocenters. The molecule has 0 radical (unpaired) electrons. The van der Waals surface area contributed by atoms with E-state index in [-0.39, 0.29) is 17.4 Å². The maximum absolute atomic E-state index is 12.2. The molecule has 1 aromatic heterocycles. The molecule has 2 aromatic rings. The average molecular weight is 286 g/mol. The van der Waals surface area contributed by atoms with Gasteiger partial charge >= 0.3 is 0 Å². The van der Waals surface area contributed by atoms with Gasteiger partial charge in [-0.1, -0.05) is 24.3 Å². The second kappa shape index (κ2) is 6.10. The molecular weight excluding hydrogens is 268 g/mol. The zero-order chi connectivity index (χ0) is 14.7. The maximum Gasteiger partial charge on any atom is 0.273 e. The lowest BCUT2D eigenvalue weighted by Gasteiger charge is -2.22. The van der Waals surface area contributed by atoms with Gasteiger partial charge in [-0.3, -0.25) is 4.79 Å². The molecule has 0 unspecified atom stereocenters. The summed E-state index contributed by atoms with van der Waals surface area (Å²) in [5, 5.41) is 14.5. The first kappa shape index (κ1) is 13.8. The van der Waals surface area contributed by atoms with Gasteiger partial charge in [0, 0.05) is 30.1 Å². The van der Waals surface area contributed by atoms with Crippen LogP contribution in [0, 0.1) is 5.92 Å². The van der Waals surface area contributed by atoms with Gasteiger partial charge in [0.1, 0.15) is 0 Å². The third-order valence-corrected chi connectivity index (χ3v) is 3.79. The number of fused-ring (bicyclic) bond motifs is 1. The van der Waals surface area contributed by atoms with E-state index in [0.717, 1.165) is 24.8 Å². The Kier molecular flexibility index (Phi) is 4.01. The number of benzene rings is 1. The number of nitrogens with one attached hydrogen (secondary N) is 1. The SMILES string of the molecule is O=C(NC[C@@H]1CCCOC1)c1ncc2ccccc2c1O. The fourth-order valence-electron chi connectivity index (χ4n) is 2.60. The summed E-state index contributed by atoms with van der Waals surface area (Å²) in [5.41, 5.74) is 0.0745. The van der Waals surface area contributed by atoms with Crippen LogP contribution in [-0.4, -0.2) is 35.8 Å². The lowest BCUT2D eigenvalue weighted by molar-refractivity contribution is 0.0535. The van der Waals surface area contributed by atoms with Crippen LogP contribution in [0.3, 0.4) is 0 Å². The Balaban J connectivity index is 1.73. The molecule has 5 heteroatoms. The van der Waals surface area contributed by atoms with Crippen LogP contribution < -0.4 is 5.32 Å². The highest BCUT2D eigenvalue weighted by molar-refractivity contribution is 6.01. The quantitative estimate of drug-likeness (QED) is 0.906. The van der Waals surface area contributed by atoms with E-state index in [1.54, 1.807) is 12.3 Å². The Labute approximate surface area is 123 Å². The summed E-state index contributed by atoms with van der Waals surface area (Å²) < 4.78 is 5.39. The third kappa shape index (κ3) is 2.97. The van der Waals surface area contributed by atoms with E-state index in [4.69, 9.17) is 4.74 Å². The van der Waals surface area contributed by atoms with Crippen LogP contribution in [0.2, 0.25) is 0 Å². The molecule has 1 aromatic carbocycles. The Bertz CT molecular complexity index is 651. The van der Waals surface area contributed by atoms with Gasteiger partial charge in [0.05, 0.1) is 6.61 Å². The van der Waals surface area contributed by atoms with Crippen molar-refractivity contribution in [3.8, 4) is 5.75 Å². The predicted octanol–water partition coefficient (Wildman–Crippen LogP) is 2.10. The normalized spacial score (nSPS) is 18.6. The van der Waals surface area contributed by atoms with Gasteiger partial charge in [-0.05, 0) is 18.8 Å². The first-order valence-electron chi connectivity index (χ1n) is 7.18. The summed E-state index contributed by atoms with van der Waals surface area (Å²) in [7, 11) is 0. The van der Waals surface area contributed by atoms with Crippen LogP contribution in [-0.2, 0) is 4.74 Å². The second-order valence-electron chi connectivity index (χ2n) is 5.34. The van der Waals surface area contributed by atoms with E-state index in [2.05, 4.69) is 10.3 Å². The van der Waals surface area contributed by atoms with Gasteiger partial charge in [0.25, 0.3) is 5.91 Å². The number of aromatic nitrogens is 1. The number of nitrogens with zero attached hydrogens (tertiary/aromatic N) is 1. The van der Waals surface area contributed by atoms with E-state index >= 15 is 0 Å². The zero-order valence-electron chi connectivity index (χ0n) is 11.7. The number of pyridine rings is 1. The number of carbonyl (C=O) groups excluding carboxylic acids is 1. The Hall–Kier alpha value is -2.14. The van der Waals surface area contributed by atoms with E-state index in [0.29, 0.717) is 24.5 Å². The molecule has 1 saturated heterocycles. The first-order chi connectivity index (χ1) is 10.3. The fraction of sp³-hybridized carbons (Fsp3) is 0.375. The first-order valence-corrected chi connectivity index (χ1v) is 7.18. The Morgan fingerprint density at radius 3 is 3.10 bits per heavy atom. The second-order valence-corrected chi connectivity index (χ2v) is 5.34. The van der Waals surface area contributed by atoms with Gasteiger partial charge in [-0.2, -0.15) is 0 Å². The van der Waals surface area contributed by atoms with Gasteiger partial charge < -0.3 is 15.2 Å². The molecule has 0 aliphatic carbocycles. The van der Waals surface area contributed by atoms with E-state index in [9.17, 15) is 9.90 Å². The van der Waals surface area contributed by atoms with E-state index < -0.39 is 0 Å². The van der Waals surface area contributed by atoms with Crippen LogP contribution in [0.1, 0.15) is 23.3 Å². The number of hydrogen-bond donors (Lipinski definition) is 2. The van der Waals surface area contributed by atoms with Crippen molar-refractivity contribution in [2.75, 3.05) is 19.8 Å². The number of ether oxygens (including phenoxy) is 1. The van der Waals surface area contributed by atoms with Crippen molar-refractivity contribution < 1.29 is 14.6 Å². The molecule has 1 fully saturated rings. The summed E-state index contributed by atoms with van der Waals surface area (Å²) in [5.74, 6) is -0.0698. The summed E-state index contributed by atoms with van der Waals surface area (Å²) in [4.78, 5) is 16.3. The standard InChI is InChI=1S/C16H18N2O3/c19-15-13-6-2-1-5-12(13)9-17-14(15)16(20)18-8-11-4-3-7-21-10-11/h1-2,5-6,9,11,19H,3-4,7-8,10H2,(H,18,20)/t11-/m0/s1. The van der Waals surface area contributed by atoms with Crippen LogP contribution in [0.15, 0.2) is 30.5 Å². The Morgan fingerprint density at radius 2 is 2.29 bits per heavy atom. The van der Waals surface area contributed by atoms with Gasteiger partial charge in [-0.25, -0.2) is 4.98 Å². The molecule has 5 nitrogen and oxygen atoms in total. The summed E-state index contributed by atoms with van der Waals surface area (Å²) >= 11 is 0. The van der Waals surface area contributed by atoms with Gasteiger partial charge in [0.15, 0.2) is 11.4 Å². The molecule has 21 heavy (non-hydrogen) atoms. The topological polar surface area (TPSA) is 71.5 Å². The minimum atomic E-state index is -0.344. The molecule has 0 saturated carbocycles. The molecule has 1 aliphatic rings. The molecule has 1 aliphatic heterocycles. The van der Waals surface area contributed by atoms with Crippen molar-refractivity contribution in [1.82, 2.24) is 10.3 Å². The number of carbonyl (C=O) groups is 1. The molecule has 110 valence electrons. The molecular formula is C16H18N2O3. The van der Waals surface area contributed by atoms with Crippen molar-refractivity contribution >= 4 is 16.7 Å². The number of aromatic hydroxyl groups is 1. The summed E-state index contributed by atoms with van der Waals surface area (Å²) in [6.07, 6.45) is 3.69. The van der Waals surface area contributed by atoms with Crippen molar-refractivity contribution in [3.05, 3.63) is 36.2 Å². The molecule has 0 bridgehead atoms. The summed E-state index contributed by atoms with van der Waals surface area (Å²) in [6, 6.07) is 7.32. The van der Waals surface area contributed by atoms with Crippen LogP contribution >= 0.6 is 0 Å². The minimum absolute atomic E-state index is 0.0644. The largest absolute Gasteiger partial charge is 0.505 e. The average Bonchev–Trinajstić information content (AvgIpc) is 2.54. The van der Waals surface area contributed by atoms with Gasteiger partial charge in [-0.15, -0.1) is 0 Å². The van der Waals surface area contributed by atoms with Crippen molar-refractivity contribution in [1.29, 1.82) is 0 Å². The summed E-state index contributed by atoms with van der Waals surface area (Å²) in [6.45, 7) is 2.03. The van der Waals surface area contributed by atoms with Crippen LogP contribution in [0.4, 0.5) is 0 Å². The fourth-order valence-corrected chi connectivity index (χ4v) is 2.60. The van der Waals surface area contributed by atoms with Crippen LogP contribution in [0.25, 0.3) is 10.8 Å². The molecule has 0 spiro atoms. The third-order valence-electron chi connectivity index (χ3n) is 3.79. The molecule has 3 rings (SSSR count). The monoisotopic (exact) mass is 286 g/mol.